The van der Waals surface area contributed by atoms with E-state index in [2.05, 4.69) is 0 Å². The van der Waals surface area contributed by atoms with E-state index in [1.165, 1.54) is 0 Å². The lowest BCUT2D eigenvalue weighted by Gasteiger charge is -2.35. The molecule has 1 aromatic carbocycles. The van der Waals surface area contributed by atoms with Crippen LogP contribution in [0.4, 0.5) is 4.39 Å². The van der Waals surface area contributed by atoms with Gasteiger partial charge in [-0.25, -0.2) is 12.8 Å². The zero-order valence-corrected chi connectivity index (χ0v) is 12.0. The molecule has 0 heterocycles. The second kappa shape index (κ2) is 5.67. The Morgan fingerprint density at radius 3 is 2.55 bits per heavy atom. The third-order valence-electron chi connectivity index (χ3n) is 3.25. The second-order valence-electron chi connectivity index (χ2n) is 4.60. The average molecular weight is 322 g/mol. The van der Waals surface area contributed by atoms with Gasteiger partial charge in [0.1, 0.15) is 17.3 Å². The molecular formula is C12H13ClFNO4S. The summed E-state index contributed by atoms with van der Waals surface area (Å²) >= 11 is 5.77. The smallest absolute Gasteiger partial charge is 0.318 e. The van der Waals surface area contributed by atoms with Crippen LogP contribution < -0.4 is 0 Å². The first-order valence-corrected chi connectivity index (χ1v) is 7.83. The highest BCUT2D eigenvalue weighted by atomic mass is 35.5. The SMILES string of the molecule is O=C(O)CN(C1CCC1)S(=O)(=O)c1ccc(F)cc1Cl. The van der Waals surface area contributed by atoms with E-state index in [0.29, 0.717) is 12.8 Å². The fourth-order valence-corrected chi connectivity index (χ4v) is 4.17. The summed E-state index contributed by atoms with van der Waals surface area (Å²) in [6.07, 6.45) is 2.09. The summed E-state index contributed by atoms with van der Waals surface area (Å²) in [6, 6.07) is 2.60. The molecule has 110 valence electrons. The van der Waals surface area contributed by atoms with Crippen molar-refractivity contribution in [3.05, 3.63) is 29.0 Å². The van der Waals surface area contributed by atoms with Crippen molar-refractivity contribution in [2.75, 3.05) is 6.54 Å². The average Bonchev–Trinajstić information content (AvgIpc) is 2.24. The van der Waals surface area contributed by atoms with E-state index < -0.39 is 28.4 Å². The summed E-state index contributed by atoms with van der Waals surface area (Å²) < 4.78 is 38.9. The Hall–Kier alpha value is -1.18. The Balaban J connectivity index is 2.41. The van der Waals surface area contributed by atoms with Gasteiger partial charge in [0.25, 0.3) is 0 Å². The molecule has 0 spiro atoms. The molecule has 0 aliphatic heterocycles. The number of hydrogen-bond acceptors (Lipinski definition) is 3. The quantitative estimate of drug-likeness (QED) is 0.901. The van der Waals surface area contributed by atoms with E-state index in [4.69, 9.17) is 16.7 Å². The standard InChI is InChI=1S/C12H13ClFNO4S/c13-10-6-8(14)4-5-11(10)20(18,19)15(7-12(16)17)9-2-1-3-9/h4-6,9H,1-3,7H2,(H,16,17). The molecule has 0 amide bonds. The van der Waals surface area contributed by atoms with Gasteiger partial charge >= 0.3 is 5.97 Å². The van der Waals surface area contributed by atoms with Crippen molar-refractivity contribution in [3.63, 3.8) is 0 Å². The van der Waals surface area contributed by atoms with Crippen LogP contribution in [0, 0.1) is 5.82 Å². The normalized spacial score (nSPS) is 16.1. The Bertz CT molecular complexity index is 630. The van der Waals surface area contributed by atoms with E-state index >= 15 is 0 Å². The predicted molar refractivity (Wildman–Crippen MR) is 70.6 cm³/mol. The lowest BCUT2D eigenvalue weighted by atomic mass is 9.93. The van der Waals surface area contributed by atoms with E-state index in [1.807, 2.05) is 0 Å². The number of sulfonamides is 1. The molecule has 1 aliphatic rings. The van der Waals surface area contributed by atoms with Crippen molar-refractivity contribution < 1.29 is 22.7 Å². The van der Waals surface area contributed by atoms with Crippen molar-refractivity contribution >= 4 is 27.6 Å². The monoisotopic (exact) mass is 321 g/mol. The minimum Gasteiger partial charge on any atom is -0.480 e. The zero-order chi connectivity index (χ0) is 14.9. The molecule has 0 atom stereocenters. The molecule has 1 saturated carbocycles. The number of aliphatic carboxylic acids is 1. The number of carboxylic acids is 1. The van der Waals surface area contributed by atoms with Gasteiger partial charge in [0, 0.05) is 6.04 Å². The molecule has 5 nitrogen and oxygen atoms in total. The van der Waals surface area contributed by atoms with Gasteiger partial charge in [-0.05, 0) is 31.0 Å². The molecule has 0 aromatic heterocycles. The van der Waals surface area contributed by atoms with Gasteiger partial charge in [0.2, 0.25) is 10.0 Å². The van der Waals surface area contributed by atoms with Crippen LogP contribution in [0.3, 0.4) is 0 Å². The van der Waals surface area contributed by atoms with E-state index in [9.17, 15) is 17.6 Å². The number of halogens is 2. The Labute approximate surface area is 121 Å². The summed E-state index contributed by atoms with van der Waals surface area (Å²) in [4.78, 5) is 10.6. The maximum Gasteiger partial charge on any atom is 0.318 e. The molecule has 0 saturated heterocycles. The molecule has 0 radical (unpaired) electrons. The molecule has 1 N–H and O–H groups in total. The molecule has 0 unspecified atom stereocenters. The molecule has 20 heavy (non-hydrogen) atoms. The molecule has 1 aliphatic carbocycles. The predicted octanol–water partition coefficient (Wildman–Crippen LogP) is 2.11. The minimum absolute atomic E-state index is 0.250. The number of nitrogens with zero attached hydrogens (tertiary/aromatic N) is 1. The van der Waals surface area contributed by atoms with Gasteiger partial charge in [-0.2, -0.15) is 4.31 Å². The number of carboxylic acid groups (broad SMARTS) is 1. The number of rotatable bonds is 5. The summed E-state index contributed by atoms with van der Waals surface area (Å²) in [7, 11) is -4.05. The minimum atomic E-state index is -4.05. The highest BCUT2D eigenvalue weighted by molar-refractivity contribution is 7.89. The van der Waals surface area contributed by atoms with Gasteiger partial charge in [-0.3, -0.25) is 4.79 Å². The maximum atomic E-state index is 13.0. The van der Waals surface area contributed by atoms with Crippen LogP contribution in [0.1, 0.15) is 19.3 Å². The van der Waals surface area contributed by atoms with Gasteiger partial charge in [-0.1, -0.05) is 18.0 Å². The van der Waals surface area contributed by atoms with Crippen LogP contribution >= 0.6 is 11.6 Å². The maximum absolute atomic E-state index is 13.0. The van der Waals surface area contributed by atoms with Crippen LogP contribution in [0.15, 0.2) is 23.1 Å². The highest BCUT2D eigenvalue weighted by Gasteiger charge is 2.37. The lowest BCUT2D eigenvalue weighted by Crippen LogP contribution is -2.46. The van der Waals surface area contributed by atoms with Crippen molar-refractivity contribution in [2.24, 2.45) is 0 Å². The van der Waals surface area contributed by atoms with E-state index in [1.54, 1.807) is 0 Å². The van der Waals surface area contributed by atoms with E-state index in [-0.39, 0.29) is 16.0 Å². The zero-order valence-electron chi connectivity index (χ0n) is 10.4. The third-order valence-corrected chi connectivity index (χ3v) is 5.63. The van der Waals surface area contributed by atoms with Crippen LogP contribution in [0.2, 0.25) is 5.02 Å². The summed E-state index contributed by atoms with van der Waals surface area (Å²) in [5.41, 5.74) is 0. The van der Waals surface area contributed by atoms with Gasteiger partial charge < -0.3 is 5.11 Å². The Morgan fingerprint density at radius 2 is 2.10 bits per heavy atom. The topological polar surface area (TPSA) is 74.7 Å². The van der Waals surface area contributed by atoms with Crippen LogP contribution in [0.5, 0.6) is 0 Å². The summed E-state index contributed by atoms with van der Waals surface area (Å²) in [6.45, 7) is -0.624. The largest absolute Gasteiger partial charge is 0.480 e. The van der Waals surface area contributed by atoms with Gasteiger partial charge in [0.05, 0.1) is 5.02 Å². The van der Waals surface area contributed by atoms with Crippen LogP contribution in [-0.4, -0.2) is 36.4 Å². The van der Waals surface area contributed by atoms with Crippen LogP contribution in [-0.2, 0) is 14.8 Å². The third kappa shape index (κ3) is 2.94. The molecule has 8 heteroatoms. The number of hydrogen-bond donors (Lipinski definition) is 1. The fraction of sp³-hybridized carbons (Fsp3) is 0.417. The van der Waals surface area contributed by atoms with Crippen molar-refractivity contribution in [1.29, 1.82) is 0 Å². The van der Waals surface area contributed by atoms with Crippen molar-refractivity contribution in [3.8, 4) is 0 Å². The van der Waals surface area contributed by atoms with E-state index in [0.717, 1.165) is 28.9 Å². The molecule has 2 rings (SSSR count). The van der Waals surface area contributed by atoms with Gasteiger partial charge in [0.15, 0.2) is 0 Å². The van der Waals surface area contributed by atoms with Crippen molar-refractivity contribution in [1.82, 2.24) is 4.31 Å². The first-order valence-electron chi connectivity index (χ1n) is 6.01. The van der Waals surface area contributed by atoms with Crippen LogP contribution in [0.25, 0.3) is 0 Å². The van der Waals surface area contributed by atoms with Gasteiger partial charge in [-0.15, -0.1) is 0 Å². The number of benzene rings is 1. The number of carbonyl (C=O) groups is 1. The molecule has 1 fully saturated rings. The molecule has 1 aromatic rings. The molecular weight excluding hydrogens is 309 g/mol. The first kappa shape index (κ1) is 15.2. The fourth-order valence-electron chi connectivity index (χ4n) is 2.03. The first-order chi connectivity index (χ1) is 9.32. The second-order valence-corrected chi connectivity index (χ2v) is 6.87. The molecule has 0 bridgehead atoms. The Morgan fingerprint density at radius 1 is 1.45 bits per heavy atom. The van der Waals surface area contributed by atoms with Crippen molar-refractivity contribution in [2.45, 2.75) is 30.2 Å². The summed E-state index contributed by atoms with van der Waals surface area (Å²) in [5.74, 6) is -1.89. The lowest BCUT2D eigenvalue weighted by molar-refractivity contribution is -0.137. The highest BCUT2D eigenvalue weighted by Crippen LogP contribution is 2.32. The summed E-state index contributed by atoms with van der Waals surface area (Å²) in [5, 5.41) is 8.63. The Kier molecular flexibility index (Phi) is 4.31.